The largest absolute Gasteiger partial charge is 0.354 e. The number of nitrogens with zero attached hydrogens (tertiary/aromatic N) is 4. The molecule has 1 amide bonds. The van der Waals surface area contributed by atoms with Crippen LogP contribution in [-0.2, 0) is 0 Å². The number of amides is 1. The highest BCUT2D eigenvalue weighted by molar-refractivity contribution is 7.08. The Labute approximate surface area is 121 Å². The van der Waals surface area contributed by atoms with Crippen LogP contribution in [0.2, 0.25) is 0 Å². The third kappa shape index (κ3) is 2.62. The Bertz CT molecular complexity index is 600. The number of aryl methyl sites for hydroxylation is 1. The summed E-state index contributed by atoms with van der Waals surface area (Å²) in [6.45, 7) is 3.49. The van der Waals surface area contributed by atoms with Crippen LogP contribution >= 0.6 is 11.5 Å². The number of carbonyl (C=O) groups excluding carboxylic acids is 1. The topological polar surface area (TPSA) is 71.0 Å². The number of hydrogen-bond donors (Lipinski definition) is 1. The van der Waals surface area contributed by atoms with Crippen molar-refractivity contribution in [3.8, 4) is 0 Å². The number of rotatable bonds is 3. The highest BCUT2D eigenvalue weighted by Gasteiger charge is 2.26. The van der Waals surface area contributed by atoms with Gasteiger partial charge in [0.25, 0.3) is 5.91 Å². The summed E-state index contributed by atoms with van der Waals surface area (Å²) in [6.07, 6.45) is 2.71. The van der Waals surface area contributed by atoms with E-state index in [1.165, 1.54) is 0 Å². The van der Waals surface area contributed by atoms with Crippen LogP contribution in [0.15, 0.2) is 24.4 Å². The summed E-state index contributed by atoms with van der Waals surface area (Å²) in [5.41, 5.74) is 0.687. The van der Waals surface area contributed by atoms with Crippen molar-refractivity contribution in [2.45, 2.75) is 19.4 Å². The second kappa shape index (κ2) is 5.54. The van der Waals surface area contributed by atoms with Crippen molar-refractivity contribution in [2.24, 2.45) is 0 Å². The normalized spacial score (nSPS) is 18.2. The van der Waals surface area contributed by atoms with E-state index in [1.807, 2.05) is 18.2 Å². The lowest BCUT2D eigenvalue weighted by Crippen LogP contribution is -2.37. The third-order valence-electron chi connectivity index (χ3n) is 3.35. The van der Waals surface area contributed by atoms with Crippen molar-refractivity contribution < 1.29 is 4.79 Å². The number of pyridine rings is 1. The van der Waals surface area contributed by atoms with Gasteiger partial charge in [0.1, 0.15) is 10.7 Å². The van der Waals surface area contributed by atoms with Crippen LogP contribution in [0, 0.1) is 6.92 Å². The van der Waals surface area contributed by atoms with Gasteiger partial charge in [-0.05, 0) is 37.0 Å². The molecule has 0 aromatic carbocycles. The fourth-order valence-electron chi connectivity index (χ4n) is 2.32. The standard InChI is InChI=1S/C13H15N5OS/c1-9-12(20-17-16-9)13(19)15-10-5-7-18(8-10)11-4-2-3-6-14-11/h2-4,6,10H,5,7-8H2,1H3,(H,15,19)/t10-/m1/s1. The van der Waals surface area contributed by atoms with Gasteiger partial charge >= 0.3 is 0 Å². The maximum absolute atomic E-state index is 12.1. The van der Waals surface area contributed by atoms with Gasteiger partial charge in [-0.2, -0.15) is 0 Å². The summed E-state index contributed by atoms with van der Waals surface area (Å²) >= 11 is 1.14. The van der Waals surface area contributed by atoms with E-state index in [4.69, 9.17) is 0 Å². The molecule has 0 saturated carbocycles. The fraction of sp³-hybridized carbons (Fsp3) is 0.385. The predicted molar refractivity (Wildman–Crippen MR) is 77.0 cm³/mol. The van der Waals surface area contributed by atoms with Gasteiger partial charge in [-0.1, -0.05) is 10.6 Å². The molecule has 2 aromatic rings. The van der Waals surface area contributed by atoms with Crippen molar-refractivity contribution in [3.63, 3.8) is 0 Å². The van der Waals surface area contributed by atoms with E-state index in [9.17, 15) is 4.79 Å². The molecule has 0 radical (unpaired) electrons. The smallest absolute Gasteiger partial charge is 0.265 e. The minimum atomic E-state index is -0.0784. The molecule has 0 spiro atoms. The lowest BCUT2D eigenvalue weighted by atomic mass is 10.2. The van der Waals surface area contributed by atoms with Crippen LogP contribution in [0.5, 0.6) is 0 Å². The predicted octanol–water partition coefficient (Wildman–Crippen LogP) is 1.25. The molecule has 20 heavy (non-hydrogen) atoms. The molecule has 2 aromatic heterocycles. The Balaban J connectivity index is 1.61. The van der Waals surface area contributed by atoms with E-state index in [2.05, 4.69) is 24.8 Å². The number of hydrogen-bond acceptors (Lipinski definition) is 6. The van der Waals surface area contributed by atoms with Crippen LogP contribution in [0.3, 0.4) is 0 Å². The molecule has 104 valence electrons. The van der Waals surface area contributed by atoms with Crippen LogP contribution in [0.4, 0.5) is 5.82 Å². The third-order valence-corrected chi connectivity index (χ3v) is 4.18. The molecule has 3 heterocycles. The lowest BCUT2D eigenvalue weighted by Gasteiger charge is -2.17. The van der Waals surface area contributed by atoms with Crippen LogP contribution in [0.25, 0.3) is 0 Å². The molecule has 7 heteroatoms. The second-order valence-corrected chi connectivity index (χ2v) is 5.53. The van der Waals surface area contributed by atoms with Gasteiger partial charge in [0.05, 0.1) is 5.69 Å². The summed E-state index contributed by atoms with van der Waals surface area (Å²) < 4.78 is 3.79. The first kappa shape index (κ1) is 13.0. The Morgan fingerprint density at radius 1 is 1.50 bits per heavy atom. The zero-order valence-corrected chi connectivity index (χ0v) is 11.9. The molecule has 1 saturated heterocycles. The van der Waals surface area contributed by atoms with Gasteiger partial charge in [0.2, 0.25) is 0 Å². The molecule has 1 aliphatic heterocycles. The first-order valence-corrected chi connectivity index (χ1v) is 7.27. The summed E-state index contributed by atoms with van der Waals surface area (Å²) in [6, 6.07) is 6.01. The van der Waals surface area contributed by atoms with E-state index < -0.39 is 0 Å². The van der Waals surface area contributed by atoms with Crippen molar-refractivity contribution in [1.82, 2.24) is 19.9 Å². The first-order chi connectivity index (χ1) is 9.74. The zero-order chi connectivity index (χ0) is 13.9. The Morgan fingerprint density at radius 3 is 3.10 bits per heavy atom. The second-order valence-electron chi connectivity index (χ2n) is 4.78. The van der Waals surface area contributed by atoms with Gasteiger partial charge in [-0.25, -0.2) is 4.98 Å². The zero-order valence-electron chi connectivity index (χ0n) is 11.1. The Hall–Kier alpha value is -2.02. The minimum absolute atomic E-state index is 0.0784. The van der Waals surface area contributed by atoms with Gasteiger partial charge in [-0.15, -0.1) is 5.10 Å². The Kier molecular flexibility index (Phi) is 3.60. The molecule has 0 bridgehead atoms. The van der Waals surface area contributed by atoms with Crippen LogP contribution in [0.1, 0.15) is 21.8 Å². The van der Waals surface area contributed by atoms with Gasteiger partial charge in [0.15, 0.2) is 0 Å². The van der Waals surface area contributed by atoms with Crippen LogP contribution < -0.4 is 10.2 Å². The number of anilines is 1. The number of carbonyl (C=O) groups is 1. The van der Waals surface area contributed by atoms with Crippen molar-refractivity contribution in [2.75, 3.05) is 18.0 Å². The van der Waals surface area contributed by atoms with Crippen molar-refractivity contribution in [3.05, 3.63) is 35.0 Å². The molecule has 3 rings (SSSR count). The van der Waals surface area contributed by atoms with Gasteiger partial charge < -0.3 is 10.2 Å². The van der Waals surface area contributed by atoms with E-state index >= 15 is 0 Å². The monoisotopic (exact) mass is 289 g/mol. The lowest BCUT2D eigenvalue weighted by molar-refractivity contribution is 0.0943. The molecule has 1 N–H and O–H groups in total. The number of aromatic nitrogens is 3. The molecule has 1 atom stereocenters. The van der Waals surface area contributed by atoms with E-state index in [1.54, 1.807) is 13.1 Å². The maximum atomic E-state index is 12.1. The summed E-state index contributed by atoms with van der Waals surface area (Å²) in [4.78, 5) is 19.2. The van der Waals surface area contributed by atoms with Gasteiger partial charge in [0, 0.05) is 25.3 Å². The SMILES string of the molecule is Cc1nnsc1C(=O)N[C@@H]1CCN(c2ccccn2)C1. The van der Waals surface area contributed by atoms with Gasteiger partial charge in [-0.3, -0.25) is 4.79 Å². The van der Waals surface area contributed by atoms with Crippen molar-refractivity contribution >= 4 is 23.3 Å². The average molecular weight is 289 g/mol. The molecule has 0 aliphatic carbocycles. The quantitative estimate of drug-likeness (QED) is 0.921. The molecule has 6 nitrogen and oxygen atoms in total. The first-order valence-electron chi connectivity index (χ1n) is 6.50. The highest BCUT2D eigenvalue weighted by Crippen LogP contribution is 2.18. The van der Waals surface area contributed by atoms with E-state index in [0.717, 1.165) is 36.9 Å². The van der Waals surface area contributed by atoms with E-state index in [0.29, 0.717) is 10.6 Å². The maximum Gasteiger partial charge on any atom is 0.265 e. The highest BCUT2D eigenvalue weighted by atomic mass is 32.1. The van der Waals surface area contributed by atoms with Crippen LogP contribution in [-0.4, -0.2) is 39.6 Å². The summed E-state index contributed by atoms with van der Waals surface area (Å²) in [5, 5.41) is 6.91. The summed E-state index contributed by atoms with van der Waals surface area (Å²) in [7, 11) is 0. The molecular formula is C13H15N5OS. The molecule has 1 aliphatic rings. The number of nitrogens with one attached hydrogen (secondary N) is 1. The Morgan fingerprint density at radius 2 is 2.40 bits per heavy atom. The van der Waals surface area contributed by atoms with E-state index in [-0.39, 0.29) is 11.9 Å². The van der Waals surface area contributed by atoms with Crippen molar-refractivity contribution in [1.29, 1.82) is 0 Å². The fourth-order valence-corrected chi connectivity index (χ4v) is 2.88. The summed E-state index contributed by atoms with van der Waals surface area (Å²) in [5.74, 6) is 0.880. The minimum Gasteiger partial charge on any atom is -0.354 e. The molecule has 1 fully saturated rings. The molecule has 0 unspecified atom stereocenters. The molecular weight excluding hydrogens is 274 g/mol. The average Bonchev–Trinajstić information content (AvgIpc) is 3.09.